The Bertz CT molecular complexity index is 854. The Morgan fingerprint density at radius 2 is 2.18 bits per heavy atom. The van der Waals surface area contributed by atoms with Crippen LogP contribution in [0, 0.1) is 0 Å². The van der Waals surface area contributed by atoms with Crippen LogP contribution in [0.15, 0.2) is 35.0 Å². The van der Waals surface area contributed by atoms with E-state index in [-0.39, 0.29) is 12.5 Å². The number of carbonyl (C=O) groups excluding carboxylic acids is 1. The average molecular weight is 296 g/mol. The number of furan rings is 1. The number of aromatic nitrogens is 2. The van der Waals surface area contributed by atoms with Gasteiger partial charge in [-0.15, -0.1) is 0 Å². The summed E-state index contributed by atoms with van der Waals surface area (Å²) in [5.41, 5.74) is 2.16. The van der Waals surface area contributed by atoms with Crippen LogP contribution >= 0.6 is 0 Å². The average Bonchev–Trinajstić information content (AvgIpc) is 3.24. The topological polar surface area (TPSA) is 71.3 Å². The molecule has 1 saturated carbocycles. The molecular weight excluding hydrogens is 280 g/mol. The minimum Gasteiger partial charge on any atom is -0.450 e. The third kappa shape index (κ3) is 2.26. The summed E-state index contributed by atoms with van der Waals surface area (Å²) >= 11 is 0. The Labute approximate surface area is 127 Å². The molecule has 0 unspecified atom stereocenters. The van der Waals surface area contributed by atoms with E-state index in [1.165, 1.54) is 6.33 Å². The minimum atomic E-state index is 0.00729. The molecule has 1 N–H and O–H groups in total. The van der Waals surface area contributed by atoms with E-state index in [0.29, 0.717) is 17.4 Å². The highest BCUT2D eigenvalue weighted by molar-refractivity contribution is 6.05. The van der Waals surface area contributed by atoms with Gasteiger partial charge in [0.15, 0.2) is 11.4 Å². The Hall–Kier alpha value is -2.63. The molecule has 0 aliphatic heterocycles. The minimum absolute atomic E-state index is 0.00729. The van der Waals surface area contributed by atoms with Gasteiger partial charge in [0.2, 0.25) is 5.91 Å². The summed E-state index contributed by atoms with van der Waals surface area (Å²) in [5.74, 6) is 0.639. The normalized spacial score (nSPS) is 14.4. The van der Waals surface area contributed by atoms with Crippen LogP contribution in [0.2, 0.25) is 0 Å². The van der Waals surface area contributed by atoms with Gasteiger partial charge in [0.25, 0.3) is 0 Å². The fourth-order valence-corrected chi connectivity index (χ4v) is 2.57. The first-order valence-corrected chi connectivity index (χ1v) is 7.35. The van der Waals surface area contributed by atoms with Gasteiger partial charge in [-0.3, -0.25) is 4.79 Å². The molecule has 4 rings (SSSR count). The number of para-hydroxylation sites is 1. The van der Waals surface area contributed by atoms with Crippen LogP contribution in [0.1, 0.15) is 12.8 Å². The number of carbonyl (C=O) groups is 1. The van der Waals surface area contributed by atoms with Crippen molar-refractivity contribution in [1.82, 2.24) is 15.3 Å². The lowest BCUT2D eigenvalue weighted by Gasteiger charge is -2.17. The Balaban J connectivity index is 1.69. The molecule has 2 heterocycles. The van der Waals surface area contributed by atoms with Gasteiger partial charge in [-0.2, -0.15) is 0 Å². The fraction of sp³-hybridized carbons (Fsp3) is 0.312. The number of nitrogens with one attached hydrogen (secondary N) is 1. The second kappa shape index (κ2) is 4.98. The van der Waals surface area contributed by atoms with E-state index < -0.39 is 0 Å². The van der Waals surface area contributed by atoms with E-state index in [0.717, 1.165) is 29.3 Å². The van der Waals surface area contributed by atoms with Gasteiger partial charge in [-0.25, -0.2) is 9.97 Å². The van der Waals surface area contributed by atoms with Crippen molar-refractivity contribution in [2.75, 3.05) is 18.5 Å². The van der Waals surface area contributed by atoms with E-state index in [9.17, 15) is 4.79 Å². The molecular formula is C16H16N4O2. The number of hydrogen-bond acceptors (Lipinski definition) is 5. The number of hydrogen-bond donors (Lipinski definition) is 1. The highest BCUT2D eigenvalue weighted by Crippen LogP contribution is 2.31. The van der Waals surface area contributed by atoms with Gasteiger partial charge in [0.05, 0.1) is 6.54 Å². The fourth-order valence-electron chi connectivity index (χ4n) is 2.57. The quantitative estimate of drug-likeness (QED) is 0.798. The molecule has 0 atom stereocenters. The molecule has 6 nitrogen and oxygen atoms in total. The zero-order valence-corrected chi connectivity index (χ0v) is 12.2. The zero-order chi connectivity index (χ0) is 15.1. The summed E-state index contributed by atoms with van der Waals surface area (Å²) in [5, 5.41) is 3.93. The molecule has 0 spiro atoms. The monoisotopic (exact) mass is 296 g/mol. The van der Waals surface area contributed by atoms with Crippen molar-refractivity contribution in [2.24, 2.45) is 0 Å². The molecule has 1 aliphatic rings. The predicted molar refractivity (Wildman–Crippen MR) is 83.7 cm³/mol. The smallest absolute Gasteiger partial charge is 0.239 e. The van der Waals surface area contributed by atoms with Crippen LogP contribution in [-0.2, 0) is 4.79 Å². The van der Waals surface area contributed by atoms with Crippen LogP contribution in [0.4, 0.5) is 5.82 Å². The van der Waals surface area contributed by atoms with E-state index in [1.807, 2.05) is 31.3 Å². The Kier molecular flexibility index (Phi) is 2.96. The first kappa shape index (κ1) is 13.1. The van der Waals surface area contributed by atoms with Crippen LogP contribution in [-0.4, -0.2) is 35.5 Å². The summed E-state index contributed by atoms with van der Waals surface area (Å²) in [4.78, 5) is 22.4. The SMILES string of the molecule is CN(CC(=O)NC1CC1)c1ncnc2c1oc1ccccc12. The molecule has 112 valence electrons. The van der Waals surface area contributed by atoms with Gasteiger partial charge in [0, 0.05) is 18.5 Å². The second-order valence-electron chi connectivity index (χ2n) is 5.67. The van der Waals surface area contributed by atoms with Crippen LogP contribution < -0.4 is 10.2 Å². The molecule has 0 bridgehead atoms. The van der Waals surface area contributed by atoms with Crippen molar-refractivity contribution in [3.8, 4) is 0 Å². The summed E-state index contributed by atoms with van der Waals surface area (Å²) in [6, 6.07) is 8.10. The number of fused-ring (bicyclic) bond motifs is 3. The number of nitrogens with zero attached hydrogens (tertiary/aromatic N) is 3. The van der Waals surface area contributed by atoms with Crippen molar-refractivity contribution in [3.63, 3.8) is 0 Å². The number of likely N-dealkylation sites (N-methyl/N-ethyl adjacent to an activating group) is 1. The molecule has 1 amide bonds. The summed E-state index contributed by atoms with van der Waals surface area (Å²) in [7, 11) is 1.83. The third-order valence-electron chi connectivity index (χ3n) is 3.82. The van der Waals surface area contributed by atoms with Gasteiger partial charge < -0.3 is 14.6 Å². The molecule has 0 saturated heterocycles. The maximum Gasteiger partial charge on any atom is 0.239 e. The lowest BCUT2D eigenvalue weighted by atomic mass is 10.2. The number of amides is 1. The first-order valence-electron chi connectivity index (χ1n) is 7.35. The maximum atomic E-state index is 12.0. The van der Waals surface area contributed by atoms with Crippen molar-refractivity contribution >= 4 is 33.8 Å². The van der Waals surface area contributed by atoms with Crippen LogP contribution in [0.5, 0.6) is 0 Å². The van der Waals surface area contributed by atoms with Crippen molar-refractivity contribution in [3.05, 3.63) is 30.6 Å². The second-order valence-corrected chi connectivity index (χ2v) is 5.67. The van der Waals surface area contributed by atoms with E-state index in [2.05, 4.69) is 15.3 Å². The summed E-state index contributed by atoms with van der Waals surface area (Å²) in [6.07, 6.45) is 3.67. The maximum absolute atomic E-state index is 12.0. The molecule has 22 heavy (non-hydrogen) atoms. The van der Waals surface area contributed by atoms with Gasteiger partial charge in [-0.1, -0.05) is 12.1 Å². The van der Waals surface area contributed by atoms with Crippen molar-refractivity contribution in [2.45, 2.75) is 18.9 Å². The molecule has 1 aromatic carbocycles. The van der Waals surface area contributed by atoms with Gasteiger partial charge >= 0.3 is 0 Å². The summed E-state index contributed by atoms with van der Waals surface area (Å²) in [6.45, 7) is 0.250. The number of benzene rings is 1. The predicted octanol–water partition coefficient (Wildman–Crippen LogP) is 2.09. The van der Waals surface area contributed by atoms with Crippen LogP contribution in [0.3, 0.4) is 0 Å². The largest absolute Gasteiger partial charge is 0.450 e. The van der Waals surface area contributed by atoms with Crippen molar-refractivity contribution in [1.29, 1.82) is 0 Å². The standard InChI is InChI=1S/C16H16N4O2/c1-20(8-13(21)19-10-6-7-10)16-15-14(17-9-18-16)11-4-2-3-5-12(11)22-15/h2-5,9-10H,6-8H2,1H3,(H,19,21). The van der Waals surface area contributed by atoms with Crippen molar-refractivity contribution < 1.29 is 9.21 Å². The van der Waals surface area contributed by atoms with E-state index >= 15 is 0 Å². The third-order valence-corrected chi connectivity index (χ3v) is 3.82. The van der Waals surface area contributed by atoms with Gasteiger partial charge in [-0.05, 0) is 25.0 Å². The molecule has 3 aromatic rings. The number of rotatable bonds is 4. The molecule has 2 aromatic heterocycles. The first-order chi connectivity index (χ1) is 10.7. The zero-order valence-electron chi connectivity index (χ0n) is 12.2. The lowest BCUT2D eigenvalue weighted by molar-refractivity contribution is -0.119. The lowest BCUT2D eigenvalue weighted by Crippen LogP contribution is -2.36. The molecule has 1 fully saturated rings. The molecule has 0 radical (unpaired) electrons. The molecule has 6 heteroatoms. The number of anilines is 1. The molecule has 1 aliphatic carbocycles. The van der Waals surface area contributed by atoms with E-state index in [1.54, 1.807) is 4.90 Å². The van der Waals surface area contributed by atoms with Crippen LogP contribution in [0.25, 0.3) is 22.1 Å². The Morgan fingerprint density at radius 3 is 3.00 bits per heavy atom. The van der Waals surface area contributed by atoms with Gasteiger partial charge in [0.1, 0.15) is 17.4 Å². The highest BCUT2D eigenvalue weighted by atomic mass is 16.3. The Morgan fingerprint density at radius 1 is 1.36 bits per heavy atom. The highest BCUT2D eigenvalue weighted by Gasteiger charge is 2.24. The van der Waals surface area contributed by atoms with E-state index in [4.69, 9.17) is 4.42 Å². The summed E-state index contributed by atoms with van der Waals surface area (Å²) < 4.78 is 5.88.